The summed E-state index contributed by atoms with van der Waals surface area (Å²) in [4.78, 5) is 23.4. The van der Waals surface area contributed by atoms with Gasteiger partial charge in [0.05, 0.1) is 4.70 Å². The number of halogens is 1. The van der Waals surface area contributed by atoms with E-state index in [2.05, 4.69) is 35.7 Å². The molecule has 1 amide bonds. The molecule has 5 rings (SSSR count). The molecular formula is C19H16FN7OS2. The highest BCUT2D eigenvalue weighted by Gasteiger charge is 2.26. The molecule has 1 atom stereocenters. The fraction of sp³-hybridized carbons (Fsp3) is 0.211. The van der Waals surface area contributed by atoms with Crippen molar-refractivity contribution in [3.8, 4) is 0 Å². The average Bonchev–Trinajstić information content (AvgIpc) is 3.48. The number of amides is 1. The van der Waals surface area contributed by atoms with Gasteiger partial charge >= 0.3 is 0 Å². The van der Waals surface area contributed by atoms with Gasteiger partial charge in [-0.1, -0.05) is 22.7 Å². The first-order valence-corrected chi connectivity index (χ1v) is 10.9. The Morgan fingerprint density at radius 2 is 1.97 bits per heavy atom. The fourth-order valence-corrected chi connectivity index (χ4v) is 4.90. The number of rotatable bonds is 5. The van der Waals surface area contributed by atoms with Crippen LogP contribution in [0, 0.1) is 5.82 Å². The lowest BCUT2D eigenvalue weighted by Crippen LogP contribution is -2.25. The molecule has 3 aromatic heterocycles. The Kier molecular flexibility index (Phi) is 4.97. The Morgan fingerprint density at radius 1 is 1.13 bits per heavy atom. The molecule has 4 heterocycles. The molecular weight excluding hydrogens is 425 g/mol. The number of nitrogens with zero attached hydrogens (tertiary/aromatic N) is 5. The number of fused-ring (bicyclic) bond motifs is 1. The molecule has 0 saturated carbocycles. The number of carbonyl (C=O) groups excluding carboxylic acids is 1. The van der Waals surface area contributed by atoms with E-state index in [4.69, 9.17) is 0 Å². The monoisotopic (exact) mass is 441 g/mol. The van der Waals surface area contributed by atoms with Gasteiger partial charge in [0.25, 0.3) is 5.91 Å². The zero-order valence-corrected chi connectivity index (χ0v) is 17.2. The molecule has 4 aromatic rings. The molecule has 11 heteroatoms. The topological polar surface area (TPSA) is 95.9 Å². The van der Waals surface area contributed by atoms with E-state index < -0.39 is 0 Å². The highest BCUT2D eigenvalue weighted by atomic mass is 32.1. The van der Waals surface area contributed by atoms with Gasteiger partial charge in [0.15, 0.2) is 10.8 Å². The molecule has 1 saturated heterocycles. The molecule has 8 nitrogen and oxygen atoms in total. The Hall–Kier alpha value is -3.18. The number of benzene rings is 1. The van der Waals surface area contributed by atoms with Crippen LogP contribution in [0.2, 0.25) is 0 Å². The van der Waals surface area contributed by atoms with Crippen LogP contribution in [0.4, 0.5) is 19.8 Å². The van der Waals surface area contributed by atoms with Crippen LogP contribution in [-0.2, 0) is 0 Å². The number of pyridine rings is 1. The highest BCUT2D eigenvalue weighted by molar-refractivity contribution is 7.22. The van der Waals surface area contributed by atoms with Crippen molar-refractivity contribution in [2.24, 2.45) is 0 Å². The Labute approximate surface area is 178 Å². The second kappa shape index (κ2) is 7.92. The van der Waals surface area contributed by atoms with Crippen LogP contribution in [0.3, 0.4) is 0 Å². The third-order valence-electron chi connectivity index (χ3n) is 4.69. The summed E-state index contributed by atoms with van der Waals surface area (Å²) in [5.41, 5.74) is 1.14. The molecule has 1 aliphatic heterocycles. The van der Waals surface area contributed by atoms with E-state index in [0.717, 1.165) is 35.0 Å². The Bertz CT molecular complexity index is 1160. The van der Waals surface area contributed by atoms with Crippen LogP contribution < -0.4 is 15.5 Å². The van der Waals surface area contributed by atoms with Crippen molar-refractivity contribution in [3.63, 3.8) is 0 Å². The van der Waals surface area contributed by atoms with E-state index >= 15 is 0 Å². The highest BCUT2D eigenvalue weighted by Crippen LogP contribution is 2.31. The van der Waals surface area contributed by atoms with Crippen LogP contribution in [0.15, 0.2) is 42.6 Å². The number of nitrogens with one attached hydrogen (secondary N) is 2. The second-order valence-electron chi connectivity index (χ2n) is 6.77. The van der Waals surface area contributed by atoms with Gasteiger partial charge in [-0.15, -0.1) is 10.2 Å². The summed E-state index contributed by atoms with van der Waals surface area (Å²) < 4.78 is 14.1. The first-order chi connectivity index (χ1) is 14.6. The van der Waals surface area contributed by atoms with Crippen molar-refractivity contribution < 1.29 is 9.18 Å². The van der Waals surface area contributed by atoms with Gasteiger partial charge in [0.2, 0.25) is 10.3 Å². The van der Waals surface area contributed by atoms with E-state index in [1.807, 2.05) is 12.1 Å². The third-order valence-corrected chi connectivity index (χ3v) is 6.53. The minimum Gasteiger partial charge on any atom is -0.355 e. The van der Waals surface area contributed by atoms with Gasteiger partial charge in [-0.3, -0.25) is 10.1 Å². The van der Waals surface area contributed by atoms with Crippen molar-refractivity contribution in [2.75, 3.05) is 28.6 Å². The molecule has 1 fully saturated rings. The minimum atomic E-state index is -0.387. The van der Waals surface area contributed by atoms with Crippen molar-refractivity contribution in [1.29, 1.82) is 0 Å². The van der Waals surface area contributed by atoms with E-state index in [0.29, 0.717) is 15.8 Å². The van der Waals surface area contributed by atoms with E-state index in [9.17, 15) is 9.18 Å². The SMILES string of the molecule is O=C(Nc1nnc(N[C@@H]2CCN(c3nc4ncccc4s3)C2)s1)c1ccc(F)cc1. The van der Waals surface area contributed by atoms with E-state index in [1.165, 1.54) is 35.6 Å². The van der Waals surface area contributed by atoms with Gasteiger partial charge in [-0.05, 0) is 42.8 Å². The number of carbonyl (C=O) groups is 1. The minimum absolute atomic E-state index is 0.207. The summed E-state index contributed by atoms with van der Waals surface area (Å²) in [5, 5.41) is 16.2. The maximum Gasteiger partial charge on any atom is 0.257 e. The summed E-state index contributed by atoms with van der Waals surface area (Å²) in [6.45, 7) is 1.70. The molecule has 0 spiro atoms. The van der Waals surface area contributed by atoms with Crippen LogP contribution in [-0.4, -0.2) is 45.2 Å². The Balaban J connectivity index is 1.19. The second-order valence-corrected chi connectivity index (χ2v) is 8.76. The number of aromatic nitrogens is 4. The van der Waals surface area contributed by atoms with Crippen LogP contribution in [0.5, 0.6) is 0 Å². The smallest absolute Gasteiger partial charge is 0.257 e. The lowest BCUT2D eigenvalue weighted by Gasteiger charge is -2.14. The van der Waals surface area contributed by atoms with Crippen molar-refractivity contribution in [1.82, 2.24) is 20.2 Å². The quantitative estimate of drug-likeness (QED) is 0.488. The first-order valence-electron chi connectivity index (χ1n) is 9.27. The number of thiazole rings is 1. The molecule has 30 heavy (non-hydrogen) atoms. The van der Waals surface area contributed by atoms with Gasteiger partial charge in [0, 0.05) is 30.9 Å². The fourth-order valence-electron chi connectivity index (χ4n) is 3.22. The summed E-state index contributed by atoms with van der Waals surface area (Å²) in [5.74, 6) is -0.740. The first kappa shape index (κ1) is 18.8. The number of hydrogen-bond acceptors (Lipinski definition) is 9. The van der Waals surface area contributed by atoms with Crippen molar-refractivity contribution >= 4 is 54.3 Å². The van der Waals surface area contributed by atoms with Gasteiger partial charge in [-0.2, -0.15) is 4.98 Å². The predicted molar refractivity (Wildman–Crippen MR) is 116 cm³/mol. The Morgan fingerprint density at radius 3 is 2.80 bits per heavy atom. The van der Waals surface area contributed by atoms with Gasteiger partial charge in [0.1, 0.15) is 5.82 Å². The maximum atomic E-state index is 13.0. The van der Waals surface area contributed by atoms with Crippen LogP contribution in [0.1, 0.15) is 16.8 Å². The number of hydrogen-bond donors (Lipinski definition) is 2. The van der Waals surface area contributed by atoms with Crippen LogP contribution >= 0.6 is 22.7 Å². The summed E-state index contributed by atoms with van der Waals surface area (Å²) in [7, 11) is 0. The molecule has 0 unspecified atom stereocenters. The molecule has 0 radical (unpaired) electrons. The normalized spacial score (nSPS) is 16.2. The zero-order chi connectivity index (χ0) is 20.5. The van der Waals surface area contributed by atoms with Crippen molar-refractivity contribution in [3.05, 3.63) is 54.0 Å². The van der Waals surface area contributed by atoms with Gasteiger partial charge in [-0.25, -0.2) is 9.37 Å². The number of anilines is 3. The molecule has 0 aliphatic carbocycles. The summed E-state index contributed by atoms with van der Waals surface area (Å²) in [6.07, 6.45) is 2.70. The lowest BCUT2D eigenvalue weighted by molar-refractivity contribution is 0.102. The van der Waals surface area contributed by atoms with Crippen molar-refractivity contribution in [2.45, 2.75) is 12.5 Å². The average molecular weight is 442 g/mol. The molecule has 0 bridgehead atoms. The van der Waals surface area contributed by atoms with E-state index in [1.54, 1.807) is 17.5 Å². The summed E-state index contributed by atoms with van der Waals surface area (Å²) >= 11 is 2.91. The largest absolute Gasteiger partial charge is 0.355 e. The third kappa shape index (κ3) is 3.94. The van der Waals surface area contributed by atoms with Crippen LogP contribution in [0.25, 0.3) is 10.3 Å². The molecule has 1 aliphatic rings. The standard InChI is InChI=1S/C19H16FN7OS2/c20-12-5-3-11(4-6-12)16(28)24-18-26-25-17(30-18)22-13-7-9-27(10-13)19-23-15-14(29-19)2-1-8-21-15/h1-6,8,13H,7,9-10H2,(H,22,25)(H,24,26,28)/t13-/m1/s1. The summed E-state index contributed by atoms with van der Waals surface area (Å²) in [6, 6.07) is 9.49. The lowest BCUT2D eigenvalue weighted by atomic mass is 10.2. The van der Waals surface area contributed by atoms with Gasteiger partial charge < -0.3 is 10.2 Å². The molecule has 152 valence electrons. The zero-order valence-electron chi connectivity index (χ0n) is 15.6. The molecule has 1 aromatic carbocycles. The van der Waals surface area contributed by atoms with E-state index in [-0.39, 0.29) is 17.8 Å². The predicted octanol–water partition coefficient (Wildman–Crippen LogP) is 3.63. The molecule has 2 N–H and O–H groups in total. The maximum absolute atomic E-state index is 13.0.